The first-order valence-electron chi connectivity index (χ1n) is 11.6. The second-order valence-electron chi connectivity index (χ2n) is 8.88. The van der Waals surface area contributed by atoms with Crippen LogP contribution in [0.4, 0.5) is 5.69 Å². The molecule has 35 heavy (non-hydrogen) atoms. The Kier molecular flexibility index (Phi) is 8.31. The van der Waals surface area contributed by atoms with Gasteiger partial charge >= 0.3 is 5.97 Å². The van der Waals surface area contributed by atoms with Gasteiger partial charge in [-0.15, -0.1) is 11.3 Å². The number of piperidine rings is 1. The van der Waals surface area contributed by atoms with Gasteiger partial charge in [-0.1, -0.05) is 42.5 Å². The van der Waals surface area contributed by atoms with Crippen molar-refractivity contribution in [2.24, 2.45) is 0 Å². The highest BCUT2D eigenvalue weighted by Crippen LogP contribution is 2.38. The van der Waals surface area contributed by atoms with Crippen molar-refractivity contribution in [2.45, 2.75) is 44.6 Å². The van der Waals surface area contributed by atoms with Gasteiger partial charge < -0.3 is 10.1 Å². The molecule has 0 atom stereocenters. The number of esters is 1. The zero-order valence-corrected chi connectivity index (χ0v) is 23.0. The van der Waals surface area contributed by atoms with E-state index < -0.39 is 10.0 Å². The van der Waals surface area contributed by atoms with Crippen molar-refractivity contribution in [2.75, 3.05) is 18.4 Å². The summed E-state index contributed by atoms with van der Waals surface area (Å²) in [5, 5.41) is 3.56. The van der Waals surface area contributed by atoms with Crippen LogP contribution in [-0.2, 0) is 20.5 Å². The van der Waals surface area contributed by atoms with E-state index in [0.717, 1.165) is 39.0 Å². The van der Waals surface area contributed by atoms with Crippen LogP contribution < -0.4 is 5.32 Å². The molecule has 1 saturated heterocycles. The van der Waals surface area contributed by atoms with Gasteiger partial charge in [0.25, 0.3) is 0 Å². The number of ether oxygens (including phenoxy) is 1. The van der Waals surface area contributed by atoms with Gasteiger partial charge in [0, 0.05) is 34.2 Å². The Bertz CT molecular complexity index is 1270. The molecule has 9 heteroatoms. The van der Waals surface area contributed by atoms with Crippen LogP contribution in [0.25, 0.3) is 10.4 Å². The first kappa shape index (κ1) is 25.9. The molecular formula is C26H29BrN2O4S2. The molecular weight excluding hydrogens is 548 g/mol. The molecule has 6 nitrogen and oxygen atoms in total. The molecule has 1 aromatic heterocycles. The fourth-order valence-corrected chi connectivity index (χ4v) is 7.42. The number of hydrogen-bond donors (Lipinski definition) is 1. The number of hydrogen-bond acceptors (Lipinski definition) is 6. The van der Waals surface area contributed by atoms with Crippen LogP contribution in [-0.4, -0.2) is 43.9 Å². The molecule has 0 amide bonds. The van der Waals surface area contributed by atoms with Crippen molar-refractivity contribution >= 4 is 48.9 Å². The largest absolute Gasteiger partial charge is 0.459 e. The van der Waals surface area contributed by atoms with Crippen LogP contribution in [0.1, 0.15) is 41.9 Å². The second kappa shape index (κ2) is 11.2. The third-order valence-electron chi connectivity index (χ3n) is 5.77. The molecule has 0 saturated carbocycles. The van der Waals surface area contributed by atoms with E-state index in [1.54, 1.807) is 10.4 Å². The SMILES string of the molecule is CC(C)OC(=O)c1cc(Br)c(-c2cccc(NC3CCN(S(=O)(=O)Cc4ccccc4)CC3)c2)s1. The van der Waals surface area contributed by atoms with E-state index >= 15 is 0 Å². The minimum Gasteiger partial charge on any atom is -0.459 e. The average Bonchev–Trinajstić information content (AvgIpc) is 3.21. The molecule has 3 aromatic rings. The van der Waals surface area contributed by atoms with E-state index in [4.69, 9.17) is 4.74 Å². The van der Waals surface area contributed by atoms with Gasteiger partial charge in [0.15, 0.2) is 0 Å². The quantitative estimate of drug-likeness (QED) is 0.325. The van der Waals surface area contributed by atoms with Crippen LogP contribution in [0.5, 0.6) is 0 Å². The third kappa shape index (κ3) is 6.73. The van der Waals surface area contributed by atoms with Crippen LogP contribution in [0, 0.1) is 0 Å². The molecule has 1 N–H and O–H groups in total. The van der Waals surface area contributed by atoms with Gasteiger partial charge in [-0.3, -0.25) is 0 Å². The topological polar surface area (TPSA) is 75.7 Å². The zero-order valence-electron chi connectivity index (χ0n) is 19.7. The second-order valence-corrected chi connectivity index (χ2v) is 12.8. The number of rotatable bonds is 8. The number of anilines is 1. The Hall–Kier alpha value is -2.20. The van der Waals surface area contributed by atoms with Gasteiger partial charge in [0.2, 0.25) is 10.0 Å². The average molecular weight is 578 g/mol. The van der Waals surface area contributed by atoms with E-state index in [-0.39, 0.29) is 23.9 Å². The maximum absolute atomic E-state index is 12.8. The van der Waals surface area contributed by atoms with Crippen LogP contribution >= 0.6 is 27.3 Å². The normalized spacial score (nSPS) is 15.3. The van der Waals surface area contributed by atoms with Crippen LogP contribution in [0.2, 0.25) is 0 Å². The van der Waals surface area contributed by atoms with Crippen molar-refractivity contribution in [1.82, 2.24) is 4.31 Å². The zero-order chi connectivity index (χ0) is 25.0. The van der Waals surface area contributed by atoms with Crippen molar-refractivity contribution in [1.29, 1.82) is 0 Å². The Morgan fingerprint density at radius 3 is 2.51 bits per heavy atom. The van der Waals surface area contributed by atoms with Crippen molar-refractivity contribution in [3.63, 3.8) is 0 Å². The molecule has 2 aromatic carbocycles. The number of carbonyl (C=O) groups is 1. The maximum atomic E-state index is 12.8. The van der Waals surface area contributed by atoms with E-state index in [9.17, 15) is 13.2 Å². The summed E-state index contributed by atoms with van der Waals surface area (Å²) in [7, 11) is -3.33. The predicted molar refractivity (Wildman–Crippen MR) is 145 cm³/mol. The first-order valence-corrected chi connectivity index (χ1v) is 14.8. The molecule has 0 spiro atoms. The fourth-order valence-electron chi connectivity index (χ4n) is 4.08. The smallest absolute Gasteiger partial charge is 0.348 e. The summed E-state index contributed by atoms with van der Waals surface area (Å²) in [6, 6.07) is 19.4. The molecule has 1 fully saturated rings. The van der Waals surface area contributed by atoms with Gasteiger partial charge in [-0.2, -0.15) is 0 Å². The van der Waals surface area contributed by atoms with Crippen molar-refractivity contribution < 1.29 is 17.9 Å². The Morgan fingerprint density at radius 1 is 1.11 bits per heavy atom. The molecule has 1 aliphatic heterocycles. The van der Waals surface area contributed by atoms with Crippen molar-refractivity contribution in [3.8, 4) is 10.4 Å². The van der Waals surface area contributed by atoms with Crippen LogP contribution in [0.3, 0.4) is 0 Å². The molecule has 186 valence electrons. The van der Waals surface area contributed by atoms with E-state index in [2.05, 4.69) is 27.3 Å². The highest BCUT2D eigenvalue weighted by atomic mass is 79.9. The first-order chi connectivity index (χ1) is 16.7. The number of benzene rings is 2. The van der Waals surface area contributed by atoms with Crippen molar-refractivity contribution in [3.05, 3.63) is 75.6 Å². The van der Waals surface area contributed by atoms with Gasteiger partial charge in [-0.25, -0.2) is 17.5 Å². The predicted octanol–water partition coefficient (Wildman–Crippen LogP) is 6.15. The lowest BCUT2D eigenvalue weighted by Gasteiger charge is -2.32. The standard InChI is InChI=1S/C26H29BrN2O4S2/c1-18(2)33-26(30)24-16-23(27)25(34-24)20-9-6-10-22(15-20)28-21-11-13-29(14-12-21)35(31,32)17-19-7-4-3-5-8-19/h3-10,15-16,18,21,28H,11-14,17H2,1-2H3. The van der Waals surface area contributed by atoms with Gasteiger partial charge in [-0.05, 0) is 71.9 Å². The summed E-state index contributed by atoms with van der Waals surface area (Å²) >= 11 is 4.98. The number of thiophene rings is 1. The Morgan fingerprint density at radius 2 is 1.83 bits per heavy atom. The molecule has 2 heterocycles. The summed E-state index contributed by atoms with van der Waals surface area (Å²) in [6.07, 6.45) is 1.32. The molecule has 0 bridgehead atoms. The fraction of sp³-hybridized carbons (Fsp3) is 0.346. The lowest BCUT2D eigenvalue weighted by Crippen LogP contribution is -2.42. The summed E-state index contributed by atoms with van der Waals surface area (Å²) in [6.45, 7) is 4.67. The number of halogens is 1. The van der Waals surface area contributed by atoms with E-state index in [0.29, 0.717) is 18.0 Å². The molecule has 0 aliphatic carbocycles. The minimum absolute atomic E-state index is 0.0381. The summed E-state index contributed by atoms with van der Waals surface area (Å²) in [4.78, 5) is 13.8. The highest BCUT2D eigenvalue weighted by Gasteiger charge is 2.28. The third-order valence-corrected chi connectivity index (χ3v) is 9.67. The minimum atomic E-state index is -3.33. The monoisotopic (exact) mass is 576 g/mol. The highest BCUT2D eigenvalue weighted by molar-refractivity contribution is 9.10. The number of carbonyl (C=O) groups excluding carboxylic acids is 1. The van der Waals surface area contributed by atoms with Gasteiger partial charge in [0.1, 0.15) is 4.88 Å². The molecule has 1 aliphatic rings. The maximum Gasteiger partial charge on any atom is 0.348 e. The lowest BCUT2D eigenvalue weighted by molar-refractivity contribution is 0.0383. The molecule has 4 rings (SSSR count). The van der Waals surface area contributed by atoms with Gasteiger partial charge in [0.05, 0.1) is 11.9 Å². The molecule has 0 radical (unpaired) electrons. The summed E-state index contributed by atoms with van der Waals surface area (Å²) in [5.74, 6) is -0.281. The number of nitrogens with zero attached hydrogens (tertiary/aromatic N) is 1. The Balaban J connectivity index is 1.38. The summed E-state index contributed by atoms with van der Waals surface area (Å²) < 4.78 is 33.4. The number of sulfonamides is 1. The number of nitrogens with one attached hydrogen (secondary N) is 1. The van der Waals surface area contributed by atoms with E-state index in [1.807, 2.05) is 62.4 Å². The molecule has 0 unspecified atom stereocenters. The Labute approximate surface area is 219 Å². The van der Waals surface area contributed by atoms with Crippen LogP contribution in [0.15, 0.2) is 65.1 Å². The lowest BCUT2D eigenvalue weighted by atomic mass is 10.1. The van der Waals surface area contributed by atoms with E-state index in [1.165, 1.54) is 11.3 Å². The summed E-state index contributed by atoms with van der Waals surface area (Å²) in [5.41, 5.74) is 2.78.